The van der Waals surface area contributed by atoms with Gasteiger partial charge >= 0.3 is 17.9 Å². The Morgan fingerprint density at radius 1 is 0.259 bits per heavy atom. The minimum Gasteiger partial charge on any atom is -0.462 e. The summed E-state index contributed by atoms with van der Waals surface area (Å²) in [7, 11) is 0. The summed E-state index contributed by atoms with van der Waals surface area (Å²) in [5.74, 6) is -0.965. The maximum absolute atomic E-state index is 12.9. The van der Waals surface area contributed by atoms with Crippen LogP contribution in [-0.2, 0) is 28.6 Å². The second-order valence-corrected chi connectivity index (χ2v) is 21.6. The molecule has 0 aromatic rings. The summed E-state index contributed by atoms with van der Waals surface area (Å²) in [5.41, 5.74) is 0. The molecular formula is C75H122O6. The van der Waals surface area contributed by atoms with E-state index < -0.39 is 6.10 Å². The van der Waals surface area contributed by atoms with Gasteiger partial charge in [-0.05, 0) is 116 Å². The molecular weight excluding hydrogens is 997 g/mol. The normalized spacial score (nSPS) is 13.1. The van der Waals surface area contributed by atoms with Gasteiger partial charge in [0.1, 0.15) is 13.2 Å². The highest BCUT2D eigenvalue weighted by molar-refractivity contribution is 5.71. The fourth-order valence-electron chi connectivity index (χ4n) is 8.93. The molecule has 0 N–H and O–H groups in total. The molecule has 458 valence electrons. The maximum atomic E-state index is 12.9. The molecule has 6 nitrogen and oxygen atoms in total. The van der Waals surface area contributed by atoms with Crippen LogP contribution in [0.5, 0.6) is 0 Å². The highest BCUT2D eigenvalue weighted by atomic mass is 16.6. The molecule has 0 aliphatic carbocycles. The van der Waals surface area contributed by atoms with Gasteiger partial charge in [0.05, 0.1) is 0 Å². The van der Waals surface area contributed by atoms with Gasteiger partial charge in [0, 0.05) is 19.3 Å². The molecule has 0 spiro atoms. The second-order valence-electron chi connectivity index (χ2n) is 21.6. The van der Waals surface area contributed by atoms with Gasteiger partial charge in [-0.3, -0.25) is 14.4 Å². The monoisotopic (exact) mass is 1120 g/mol. The van der Waals surface area contributed by atoms with Crippen molar-refractivity contribution in [2.24, 2.45) is 0 Å². The number of hydrogen-bond donors (Lipinski definition) is 0. The Hall–Kier alpha value is -4.71. The number of rotatable bonds is 59. The minimum absolute atomic E-state index is 0.104. The number of carbonyl (C=O) groups is 3. The Bertz CT molecular complexity index is 1760. The smallest absolute Gasteiger partial charge is 0.306 e. The minimum atomic E-state index is -0.815. The van der Waals surface area contributed by atoms with Crippen molar-refractivity contribution in [3.63, 3.8) is 0 Å². The molecule has 0 radical (unpaired) electrons. The zero-order valence-corrected chi connectivity index (χ0v) is 52.5. The Kier molecular flexibility index (Phi) is 63.9. The zero-order chi connectivity index (χ0) is 58.5. The van der Waals surface area contributed by atoms with E-state index in [1.54, 1.807) is 0 Å². The molecule has 0 heterocycles. The van der Waals surface area contributed by atoms with Crippen LogP contribution in [0.1, 0.15) is 290 Å². The van der Waals surface area contributed by atoms with Gasteiger partial charge in [-0.2, -0.15) is 0 Å². The Balaban J connectivity index is 4.37. The first-order chi connectivity index (χ1) is 40.0. The van der Waals surface area contributed by atoms with Crippen LogP contribution < -0.4 is 0 Å². The van der Waals surface area contributed by atoms with E-state index in [2.05, 4.69) is 167 Å². The van der Waals surface area contributed by atoms with Crippen molar-refractivity contribution in [3.05, 3.63) is 146 Å². The lowest BCUT2D eigenvalue weighted by Gasteiger charge is -2.18. The Morgan fingerprint density at radius 2 is 0.494 bits per heavy atom. The first-order valence-electron chi connectivity index (χ1n) is 33.3. The molecule has 0 saturated carbocycles. The molecule has 0 bridgehead atoms. The van der Waals surface area contributed by atoms with E-state index in [0.29, 0.717) is 19.3 Å². The summed E-state index contributed by atoms with van der Waals surface area (Å²) in [6, 6.07) is 0. The molecule has 0 rings (SSSR count). The standard InChI is InChI=1S/C75H122O6/c1-4-7-10-13-16-19-22-25-28-30-31-32-33-34-35-36-37-38-39-40-41-42-43-45-47-50-53-56-59-62-65-68-74(77)80-71-72(70-79-73(76)67-64-61-58-55-52-49-46-27-24-21-18-15-12-9-6-3)81-75(78)69-66-63-60-57-54-51-48-44-29-26-23-20-17-14-11-8-5-2/h7-8,10-11,16-17,19-20,25-26,28-29,31-32,34-35,37-38,40-41,48,51,57,60,72H,4-6,9,12-15,18,21-24,27,30,33,36,39,42-47,49-50,52-56,58-59,61-71H2,1-3H3/b10-7-,11-8-,19-16-,20-17-,28-25-,29-26-,32-31-,35-34-,38-37-,41-40-,51-48-,60-57-. The van der Waals surface area contributed by atoms with Crippen molar-refractivity contribution < 1.29 is 28.6 Å². The molecule has 81 heavy (non-hydrogen) atoms. The molecule has 0 fully saturated rings. The topological polar surface area (TPSA) is 78.9 Å². The number of unbranched alkanes of at least 4 members (excludes halogenated alkanes) is 24. The predicted molar refractivity (Wildman–Crippen MR) is 352 cm³/mol. The SMILES string of the molecule is CC/C=C\C/C=C\C/C=C\C/C=C\C/C=C\C/C=C\C/C=C\CCCCCCCCCCCC(=O)OCC(COC(=O)CCCCCCCCCCCCCCCCC)OC(=O)CCC/C=C\C/C=C\C/C=C\C/C=C\C/C=C\CC. The van der Waals surface area contributed by atoms with Gasteiger partial charge in [-0.1, -0.05) is 301 Å². The predicted octanol–water partition coefficient (Wildman–Crippen LogP) is 23.1. The third-order valence-electron chi connectivity index (χ3n) is 13.8. The van der Waals surface area contributed by atoms with Crippen molar-refractivity contribution in [1.82, 2.24) is 0 Å². The van der Waals surface area contributed by atoms with Crippen LogP contribution in [0.25, 0.3) is 0 Å². The van der Waals surface area contributed by atoms with Gasteiger partial charge in [-0.25, -0.2) is 0 Å². The highest BCUT2D eigenvalue weighted by Crippen LogP contribution is 2.16. The number of hydrogen-bond acceptors (Lipinski definition) is 6. The molecule has 1 atom stereocenters. The van der Waals surface area contributed by atoms with Crippen LogP contribution in [0.15, 0.2) is 146 Å². The summed E-state index contributed by atoms with van der Waals surface area (Å²) in [5, 5.41) is 0. The average Bonchev–Trinajstić information content (AvgIpc) is 3.47. The van der Waals surface area contributed by atoms with Gasteiger partial charge in [0.2, 0.25) is 0 Å². The third kappa shape index (κ3) is 66.0. The summed E-state index contributed by atoms with van der Waals surface area (Å²) < 4.78 is 16.9. The van der Waals surface area contributed by atoms with Crippen LogP contribution >= 0.6 is 0 Å². The lowest BCUT2D eigenvalue weighted by atomic mass is 10.0. The van der Waals surface area contributed by atoms with Gasteiger partial charge in [0.25, 0.3) is 0 Å². The number of allylic oxidation sites excluding steroid dienone is 24. The van der Waals surface area contributed by atoms with Crippen LogP contribution in [0, 0.1) is 0 Å². The molecule has 0 amide bonds. The summed E-state index contributed by atoms with van der Waals surface area (Å²) >= 11 is 0. The molecule has 6 heteroatoms. The first-order valence-corrected chi connectivity index (χ1v) is 33.3. The second kappa shape index (κ2) is 67.8. The number of carbonyl (C=O) groups excluding carboxylic acids is 3. The maximum Gasteiger partial charge on any atom is 0.306 e. The lowest BCUT2D eigenvalue weighted by Crippen LogP contribution is -2.30. The lowest BCUT2D eigenvalue weighted by molar-refractivity contribution is -0.167. The Labute approximate surface area is 499 Å². The fraction of sp³-hybridized carbons (Fsp3) is 0.640. The van der Waals surface area contributed by atoms with Crippen molar-refractivity contribution in [3.8, 4) is 0 Å². The number of esters is 3. The molecule has 0 saturated heterocycles. The van der Waals surface area contributed by atoms with E-state index in [4.69, 9.17) is 14.2 Å². The highest BCUT2D eigenvalue weighted by Gasteiger charge is 2.19. The zero-order valence-electron chi connectivity index (χ0n) is 52.5. The van der Waals surface area contributed by atoms with E-state index in [1.807, 2.05) is 0 Å². The molecule has 0 aliphatic rings. The van der Waals surface area contributed by atoms with Crippen molar-refractivity contribution >= 4 is 17.9 Å². The third-order valence-corrected chi connectivity index (χ3v) is 13.8. The van der Waals surface area contributed by atoms with E-state index in [1.165, 1.54) is 116 Å². The molecule has 1 unspecified atom stereocenters. The van der Waals surface area contributed by atoms with Crippen molar-refractivity contribution in [2.75, 3.05) is 13.2 Å². The van der Waals surface area contributed by atoms with Crippen LogP contribution in [0.2, 0.25) is 0 Å². The van der Waals surface area contributed by atoms with Crippen LogP contribution in [0.3, 0.4) is 0 Å². The van der Waals surface area contributed by atoms with E-state index in [0.717, 1.165) is 128 Å². The van der Waals surface area contributed by atoms with Crippen molar-refractivity contribution in [2.45, 2.75) is 297 Å². The van der Waals surface area contributed by atoms with E-state index in [9.17, 15) is 14.4 Å². The number of ether oxygens (including phenoxy) is 3. The average molecular weight is 1120 g/mol. The van der Waals surface area contributed by atoms with Gasteiger partial charge < -0.3 is 14.2 Å². The largest absolute Gasteiger partial charge is 0.462 e. The summed E-state index contributed by atoms with van der Waals surface area (Å²) in [6.45, 7) is 6.37. The Morgan fingerprint density at radius 3 is 0.790 bits per heavy atom. The van der Waals surface area contributed by atoms with Crippen molar-refractivity contribution in [1.29, 1.82) is 0 Å². The van der Waals surface area contributed by atoms with Crippen LogP contribution in [0.4, 0.5) is 0 Å². The van der Waals surface area contributed by atoms with E-state index >= 15 is 0 Å². The van der Waals surface area contributed by atoms with E-state index in [-0.39, 0.29) is 37.5 Å². The summed E-state index contributed by atoms with van der Waals surface area (Å²) in [4.78, 5) is 38.3. The quantitative estimate of drug-likeness (QED) is 0.0261. The molecule has 0 aliphatic heterocycles. The van der Waals surface area contributed by atoms with Gasteiger partial charge in [-0.15, -0.1) is 0 Å². The first kappa shape index (κ1) is 76.3. The van der Waals surface area contributed by atoms with Crippen LogP contribution in [-0.4, -0.2) is 37.2 Å². The fourth-order valence-corrected chi connectivity index (χ4v) is 8.93. The molecule has 0 aromatic heterocycles. The summed E-state index contributed by atoms with van der Waals surface area (Å²) in [6.07, 6.45) is 97.2. The van der Waals surface area contributed by atoms with Gasteiger partial charge in [0.15, 0.2) is 6.10 Å². The molecule has 0 aromatic carbocycles.